The van der Waals surface area contributed by atoms with E-state index in [9.17, 15) is 9.59 Å². The maximum atomic E-state index is 12.6. The Bertz CT molecular complexity index is 750. The number of amides is 2. The summed E-state index contributed by atoms with van der Waals surface area (Å²) >= 11 is 3.40. The number of primary amides is 1. The van der Waals surface area contributed by atoms with Gasteiger partial charge >= 0.3 is 0 Å². The first-order valence-electron chi connectivity index (χ1n) is 8.44. The van der Waals surface area contributed by atoms with Gasteiger partial charge in [0.2, 0.25) is 5.91 Å². The fourth-order valence-corrected chi connectivity index (χ4v) is 3.00. The zero-order valence-corrected chi connectivity index (χ0v) is 16.4. The Kier molecular flexibility index (Phi) is 7.66. The molecule has 2 rings (SSSR count). The van der Waals surface area contributed by atoms with Crippen molar-refractivity contribution >= 4 is 27.7 Å². The fraction of sp³-hybridized carbons (Fsp3) is 0.300. The molecule has 0 aliphatic carbocycles. The molecule has 6 heteroatoms. The highest BCUT2D eigenvalue weighted by molar-refractivity contribution is 9.10. The minimum absolute atomic E-state index is 0.0734. The predicted molar refractivity (Wildman–Crippen MR) is 105 cm³/mol. The van der Waals surface area contributed by atoms with Crippen molar-refractivity contribution in [2.24, 2.45) is 5.73 Å². The molecule has 2 aromatic rings. The normalized spacial score (nSPS) is 10.4. The van der Waals surface area contributed by atoms with E-state index in [-0.39, 0.29) is 18.9 Å². The minimum Gasteiger partial charge on any atom is -0.483 e. The number of hydrogen-bond acceptors (Lipinski definition) is 3. The average molecular weight is 419 g/mol. The van der Waals surface area contributed by atoms with E-state index >= 15 is 0 Å². The third kappa shape index (κ3) is 6.52. The van der Waals surface area contributed by atoms with Crippen LogP contribution in [-0.4, -0.2) is 36.4 Å². The third-order valence-corrected chi connectivity index (χ3v) is 4.48. The van der Waals surface area contributed by atoms with Gasteiger partial charge in [-0.1, -0.05) is 46.3 Å². The second-order valence-electron chi connectivity index (χ2n) is 6.03. The summed E-state index contributed by atoms with van der Waals surface area (Å²) < 4.78 is 6.62. The molecule has 0 unspecified atom stereocenters. The summed E-state index contributed by atoms with van der Waals surface area (Å²) in [5.41, 5.74) is 7.31. The van der Waals surface area contributed by atoms with Gasteiger partial charge in [0.15, 0.2) is 6.61 Å². The molecule has 0 spiro atoms. The van der Waals surface area contributed by atoms with Gasteiger partial charge in [-0.2, -0.15) is 0 Å². The first kappa shape index (κ1) is 20.0. The van der Waals surface area contributed by atoms with Crippen molar-refractivity contribution in [1.29, 1.82) is 0 Å². The summed E-state index contributed by atoms with van der Waals surface area (Å²) in [4.78, 5) is 25.3. The van der Waals surface area contributed by atoms with Gasteiger partial charge in [-0.15, -0.1) is 0 Å². The molecule has 0 aromatic heterocycles. The summed E-state index contributed by atoms with van der Waals surface area (Å²) in [5.74, 6) is 0.0798. The molecule has 0 atom stereocenters. The smallest absolute Gasteiger partial charge is 0.260 e. The molecule has 138 valence electrons. The molecular weight excluding hydrogens is 396 g/mol. The molecule has 2 amide bonds. The van der Waals surface area contributed by atoms with Crippen LogP contribution in [0.15, 0.2) is 53.0 Å². The second kappa shape index (κ2) is 9.97. The van der Waals surface area contributed by atoms with Crippen LogP contribution in [0.3, 0.4) is 0 Å². The number of carbonyl (C=O) groups excluding carboxylic acids is 2. The predicted octanol–water partition coefficient (Wildman–Crippen LogP) is 3.08. The quantitative estimate of drug-likeness (QED) is 0.679. The number of nitrogens with two attached hydrogens (primary N) is 1. The summed E-state index contributed by atoms with van der Waals surface area (Å²) in [6, 6.07) is 15.5. The van der Waals surface area contributed by atoms with E-state index in [1.165, 1.54) is 0 Å². The number of rotatable bonds is 9. The molecule has 5 nitrogen and oxygen atoms in total. The molecule has 0 saturated heterocycles. The first-order valence-corrected chi connectivity index (χ1v) is 9.24. The van der Waals surface area contributed by atoms with E-state index < -0.39 is 5.91 Å². The van der Waals surface area contributed by atoms with Gasteiger partial charge in [0, 0.05) is 24.0 Å². The number of benzene rings is 2. The molecule has 0 aliphatic rings. The Morgan fingerprint density at radius 2 is 1.85 bits per heavy atom. The van der Waals surface area contributed by atoms with Crippen LogP contribution < -0.4 is 10.5 Å². The molecule has 0 heterocycles. The zero-order chi connectivity index (χ0) is 18.9. The number of nitrogens with zero attached hydrogens (tertiary/aromatic N) is 1. The van der Waals surface area contributed by atoms with Gasteiger partial charge in [-0.3, -0.25) is 9.59 Å². The maximum absolute atomic E-state index is 12.6. The molecular formula is C20H23BrN2O3. The van der Waals surface area contributed by atoms with Crippen molar-refractivity contribution in [2.45, 2.75) is 19.8 Å². The number of aryl methyl sites for hydroxylation is 1. The maximum Gasteiger partial charge on any atom is 0.260 e. The monoisotopic (exact) mass is 418 g/mol. The highest BCUT2D eigenvalue weighted by atomic mass is 79.9. The highest BCUT2D eigenvalue weighted by Crippen LogP contribution is 2.22. The van der Waals surface area contributed by atoms with E-state index in [0.29, 0.717) is 25.3 Å². The summed E-state index contributed by atoms with van der Waals surface area (Å²) in [5, 5.41) is 0. The van der Waals surface area contributed by atoms with Crippen LogP contribution in [0, 0.1) is 6.92 Å². The van der Waals surface area contributed by atoms with Crippen molar-refractivity contribution in [3.05, 3.63) is 64.1 Å². The van der Waals surface area contributed by atoms with E-state index in [1.54, 1.807) is 4.90 Å². The summed E-state index contributed by atoms with van der Waals surface area (Å²) in [6.07, 6.45) is 0.848. The van der Waals surface area contributed by atoms with Gasteiger partial charge in [0.05, 0.1) is 0 Å². The van der Waals surface area contributed by atoms with Gasteiger partial charge in [0.1, 0.15) is 5.75 Å². The second-order valence-corrected chi connectivity index (χ2v) is 6.95. The van der Waals surface area contributed by atoms with Crippen molar-refractivity contribution < 1.29 is 14.3 Å². The molecule has 2 aromatic carbocycles. The number of carbonyl (C=O) groups is 2. The first-order chi connectivity index (χ1) is 12.5. The Labute approximate surface area is 162 Å². The fourth-order valence-electron chi connectivity index (χ4n) is 2.52. The Balaban J connectivity index is 1.96. The minimum atomic E-state index is -0.424. The van der Waals surface area contributed by atoms with Crippen molar-refractivity contribution in [1.82, 2.24) is 4.90 Å². The van der Waals surface area contributed by atoms with Crippen LogP contribution in [0.5, 0.6) is 5.75 Å². The SMILES string of the molecule is Cc1cc(Br)ccc1OCC(=O)N(CCC(N)=O)CCc1ccccc1. The Morgan fingerprint density at radius 1 is 1.12 bits per heavy atom. The molecule has 2 N–H and O–H groups in total. The number of halogens is 1. The van der Waals surface area contributed by atoms with Crippen molar-refractivity contribution in [2.75, 3.05) is 19.7 Å². The van der Waals surface area contributed by atoms with Gasteiger partial charge in [0.25, 0.3) is 5.91 Å². The van der Waals surface area contributed by atoms with Gasteiger partial charge in [-0.05, 0) is 42.7 Å². The van der Waals surface area contributed by atoms with Gasteiger partial charge in [-0.25, -0.2) is 0 Å². The Morgan fingerprint density at radius 3 is 2.50 bits per heavy atom. The van der Waals surface area contributed by atoms with Crippen LogP contribution in [0.25, 0.3) is 0 Å². The molecule has 0 bridgehead atoms. The topological polar surface area (TPSA) is 72.6 Å². The standard InChI is InChI=1S/C20H23BrN2O3/c1-15-13-17(21)7-8-18(15)26-14-20(25)23(12-10-19(22)24)11-9-16-5-3-2-4-6-16/h2-8,13H,9-12,14H2,1H3,(H2,22,24). The van der Waals surface area contributed by atoms with Crippen LogP contribution >= 0.6 is 15.9 Å². The molecule has 0 fully saturated rings. The lowest BCUT2D eigenvalue weighted by Gasteiger charge is -2.22. The van der Waals surface area contributed by atoms with Gasteiger partial charge < -0.3 is 15.4 Å². The molecule has 0 saturated carbocycles. The van der Waals surface area contributed by atoms with Crippen molar-refractivity contribution in [3.63, 3.8) is 0 Å². The molecule has 26 heavy (non-hydrogen) atoms. The third-order valence-electron chi connectivity index (χ3n) is 3.98. The number of hydrogen-bond donors (Lipinski definition) is 1. The van der Waals surface area contributed by atoms with Crippen LogP contribution in [0.2, 0.25) is 0 Å². The van der Waals surface area contributed by atoms with Crippen molar-refractivity contribution in [3.8, 4) is 5.75 Å². The number of ether oxygens (including phenoxy) is 1. The summed E-state index contributed by atoms with van der Waals surface area (Å²) in [7, 11) is 0. The Hall–Kier alpha value is -2.34. The van der Waals surface area contributed by atoms with E-state index in [0.717, 1.165) is 15.6 Å². The highest BCUT2D eigenvalue weighted by Gasteiger charge is 2.15. The average Bonchev–Trinajstić information content (AvgIpc) is 2.61. The molecule has 0 aliphatic heterocycles. The van der Waals surface area contributed by atoms with E-state index in [2.05, 4.69) is 15.9 Å². The lowest BCUT2D eigenvalue weighted by Crippen LogP contribution is -2.38. The lowest BCUT2D eigenvalue weighted by atomic mass is 10.1. The lowest BCUT2D eigenvalue weighted by molar-refractivity contribution is -0.133. The largest absolute Gasteiger partial charge is 0.483 e. The van der Waals surface area contributed by atoms with Crippen LogP contribution in [0.1, 0.15) is 17.5 Å². The molecule has 0 radical (unpaired) electrons. The van der Waals surface area contributed by atoms with E-state index in [4.69, 9.17) is 10.5 Å². The zero-order valence-electron chi connectivity index (χ0n) is 14.8. The van der Waals surface area contributed by atoms with Crippen LogP contribution in [0.4, 0.5) is 0 Å². The summed E-state index contributed by atoms with van der Waals surface area (Å²) in [6.45, 7) is 2.66. The van der Waals surface area contributed by atoms with E-state index in [1.807, 2.05) is 55.5 Å². The van der Waals surface area contributed by atoms with Crippen LogP contribution in [-0.2, 0) is 16.0 Å².